The lowest BCUT2D eigenvalue weighted by molar-refractivity contribution is 0.156. The van der Waals surface area contributed by atoms with Gasteiger partial charge in [-0.2, -0.15) is 11.8 Å². The van der Waals surface area contributed by atoms with Crippen LogP contribution in [-0.2, 0) is 4.74 Å². The summed E-state index contributed by atoms with van der Waals surface area (Å²) in [4.78, 5) is 0. The molecule has 1 rings (SSSR count). The summed E-state index contributed by atoms with van der Waals surface area (Å²) in [7, 11) is 1.77. The van der Waals surface area contributed by atoms with E-state index in [2.05, 4.69) is 30.9 Å². The summed E-state index contributed by atoms with van der Waals surface area (Å²) in [5.74, 6) is 1.96. The minimum Gasteiger partial charge on any atom is -0.384 e. The molecule has 0 aromatic carbocycles. The van der Waals surface area contributed by atoms with Crippen LogP contribution in [-0.4, -0.2) is 37.3 Å². The second-order valence-electron chi connectivity index (χ2n) is 4.29. The van der Waals surface area contributed by atoms with Crippen molar-refractivity contribution < 1.29 is 4.74 Å². The highest BCUT2D eigenvalue weighted by molar-refractivity contribution is 7.99. The Morgan fingerprint density at radius 1 is 1.57 bits per heavy atom. The molecule has 0 bridgehead atoms. The van der Waals surface area contributed by atoms with E-state index >= 15 is 0 Å². The van der Waals surface area contributed by atoms with Crippen molar-refractivity contribution in [1.82, 2.24) is 5.32 Å². The van der Waals surface area contributed by atoms with Gasteiger partial charge in [0.1, 0.15) is 0 Å². The number of methoxy groups -OCH3 is 1. The fraction of sp³-hybridized carbons (Fsp3) is 1.00. The fourth-order valence-electron chi connectivity index (χ4n) is 1.89. The Labute approximate surface area is 92.2 Å². The zero-order valence-corrected chi connectivity index (χ0v) is 10.4. The van der Waals surface area contributed by atoms with E-state index in [1.807, 2.05) is 0 Å². The van der Waals surface area contributed by atoms with Crippen LogP contribution in [0.5, 0.6) is 0 Å². The van der Waals surface area contributed by atoms with Crippen LogP contribution in [0.1, 0.15) is 26.7 Å². The Morgan fingerprint density at radius 2 is 2.36 bits per heavy atom. The molecule has 0 saturated carbocycles. The number of ether oxygens (including phenoxy) is 1. The summed E-state index contributed by atoms with van der Waals surface area (Å²) >= 11 is 2.10. The Balaban J connectivity index is 2.15. The molecule has 0 amide bonds. The van der Waals surface area contributed by atoms with Crippen molar-refractivity contribution in [1.29, 1.82) is 0 Å². The zero-order valence-electron chi connectivity index (χ0n) is 9.58. The maximum Gasteiger partial charge on any atom is 0.0499 e. The molecule has 3 atom stereocenters. The molecule has 1 aliphatic heterocycles. The summed E-state index contributed by atoms with van der Waals surface area (Å²) in [5, 5.41) is 4.43. The summed E-state index contributed by atoms with van der Waals surface area (Å²) in [5.41, 5.74) is 0. The minimum atomic E-state index is 0.624. The molecule has 1 N–H and O–H groups in total. The molecule has 14 heavy (non-hydrogen) atoms. The van der Waals surface area contributed by atoms with Gasteiger partial charge in [0, 0.05) is 31.6 Å². The second-order valence-corrected chi connectivity index (χ2v) is 5.78. The lowest BCUT2D eigenvalue weighted by Crippen LogP contribution is -2.41. The third kappa shape index (κ3) is 4.20. The summed E-state index contributed by atoms with van der Waals surface area (Å²) in [6.45, 7) is 6.52. The van der Waals surface area contributed by atoms with Gasteiger partial charge in [0.05, 0.1) is 0 Å². The van der Waals surface area contributed by atoms with Gasteiger partial charge in [-0.1, -0.05) is 13.8 Å². The van der Waals surface area contributed by atoms with E-state index in [4.69, 9.17) is 4.74 Å². The van der Waals surface area contributed by atoms with E-state index in [0.717, 1.165) is 18.4 Å². The maximum absolute atomic E-state index is 5.13. The first-order valence-electron chi connectivity index (χ1n) is 5.58. The van der Waals surface area contributed by atoms with Gasteiger partial charge in [0.2, 0.25) is 0 Å². The molecule has 1 heterocycles. The molecule has 2 nitrogen and oxygen atoms in total. The maximum atomic E-state index is 5.13. The first-order chi connectivity index (χ1) is 6.74. The Hall–Kier alpha value is 0.270. The molecule has 0 radical (unpaired) electrons. The van der Waals surface area contributed by atoms with Crippen molar-refractivity contribution in [3.63, 3.8) is 0 Å². The molecule has 1 saturated heterocycles. The van der Waals surface area contributed by atoms with E-state index in [9.17, 15) is 0 Å². The molecule has 3 heteroatoms. The van der Waals surface area contributed by atoms with Crippen molar-refractivity contribution in [2.45, 2.75) is 38.0 Å². The van der Waals surface area contributed by atoms with Crippen LogP contribution in [0.25, 0.3) is 0 Å². The molecule has 0 aliphatic carbocycles. The molecule has 0 aromatic rings. The summed E-state index contributed by atoms with van der Waals surface area (Å²) in [6.07, 6.45) is 2.71. The third-order valence-electron chi connectivity index (χ3n) is 2.79. The van der Waals surface area contributed by atoms with Crippen LogP contribution in [0.15, 0.2) is 0 Å². The van der Waals surface area contributed by atoms with Crippen LogP contribution < -0.4 is 5.32 Å². The zero-order chi connectivity index (χ0) is 10.4. The Bertz CT molecular complexity index is 154. The van der Waals surface area contributed by atoms with Crippen molar-refractivity contribution >= 4 is 11.8 Å². The average Bonchev–Trinajstić information content (AvgIpc) is 2.17. The van der Waals surface area contributed by atoms with Gasteiger partial charge in [0.25, 0.3) is 0 Å². The first kappa shape index (κ1) is 12.3. The molecule has 1 aliphatic rings. The lowest BCUT2D eigenvalue weighted by atomic mass is 10.1. The molecule has 3 unspecified atom stereocenters. The molecule has 1 fully saturated rings. The monoisotopic (exact) mass is 217 g/mol. The summed E-state index contributed by atoms with van der Waals surface area (Å²) < 4.78 is 5.13. The normalized spacial score (nSPS) is 30.2. The van der Waals surface area contributed by atoms with E-state index in [-0.39, 0.29) is 0 Å². The number of rotatable bonds is 5. The van der Waals surface area contributed by atoms with E-state index < -0.39 is 0 Å². The number of hydrogen-bond donors (Lipinski definition) is 1. The lowest BCUT2D eigenvalue weighted by Gasteiger charge is -2.30. The van der Waals surface area contributed by atoms with Crippen LogP contribution in [0.4, 0.5) is 0 Å². The molecular formula is C11H23NOS. The van der Waals surface area contributed by atoms with E-state index in [1.54, 1.807) is 7.11 Å². The topological polar surface area (TPSA) is 21.3 Å². The Morgan fingerprint density at radius 3 is 3.00 bits per heavy atom. The van der Waals surface area contributed by atoms with E-state index in [0.29, 0.717) is 12.0 Å². The van der Waals surface area contributed by atoms with Gasteiger partial charge >= 0.3 is 0 Å². The minimum absolute atomic E-state index is 0.624. The van der Waals surface area contributed by atoms with Crippen LogP contribution in [0, 0.1) is 5.92 Å². The van der Waals surface area contributed by atoms with Crippen LogP contribution in [0.3, 0.4) is 0 Å². The van der Waals surface area contributed by atoms with Gasteiger partial charge in [-0.3, -0.25) is 0 Å². The average molecular weight is 217 g/mol. The molecule has 0 aromatic heterocycles. The molecule has 84 valence electrons. The van der Waals surface area contributed by atoms with Crippen molar-refractivity contribution in [3.8, 4) is 0 Å². The van der Waals surface area contributed by atoms with Gasteiger partial charge in [0.15, 0.2) is 0 Å². The highest BCUT2D eigenvalue weighted by Crippen LogP contribution is 2.24. The Kier molecular flexibility index (Phi) is 5.90. The fourth-order valence-corrected chi connectivity index (χ4v) is 3.06. The van der Waals surface area contributed by atoms with Gasteiger partial charge in [-0.15, -0.1) is 0 Å². The largest absolute Gasteiger partial charge is 0.384 e. The summed E-state index contributed by atoms with van der Waals surface area (Å²) in [6, 6.07) is 0.716. The van der Waals surface area contributed by atoms with Crippen molar-refractivity contribution in [2.24, 2.45) is 5.92 Å². The van der Waals surface area contributed by atoms with Crippen LogP contribution >= 0.6 is 11.8 Å². The van der Waals surface area contributed by atoms with Crippen molar-refractivity contribution in [3.05, 3.63) is 0 Å². The molecule has 0 spiro atoms. The highest BCUT2D eigenvalue weighted by Gasteiger charge is 2.21. The highest BCUT2D eigenvalue weighted by atomic mass is 32.2. The molecular weight excluding hydrogens is 194 g/mol. The van der Waals surface area contributed by atoms with Crippen molar-refractivity contribution in [2.75, 3.05) is 26.0 Å². The third-order valence-corrected chi connectivity index (χ3v) is 4.17. The number of nitrogens with one attached hydrogen (secondary N) is 1. The van der Waals surface area contributed by atoms with Gasteiger partial charge in [-0.25, -0.2) is 0 Å². The standard InChI is InChI=1S/C11H23NOS/c1-9(8-13-3)7-12-11-5-4-6-14-10(11)2/h9-12H,4-8H2,1-3H3. The quantitative estimate of drug-likeness (QED) is 0.762. The van der Waals surface area contributed by atoms with E-state index in [1.165, 1.54) is 18.6 Å². The smallest absolute Gasteiger partial charge is 0.0499 e. The predicted octanol–water partition coefficient (Wildman–Crippen LogP) is 2.14. The van der Waals surface area contributed by atoms with Crippen LogP contribution in [0.2, 0.25) is 0 Å². The second kappa shape index (κ2) is 6.70. The number of thioether (sulfide) groups is 1. The van der Waals surface area contributed by atoms with Gasteiger partial charge in [-0.05, 0) is 24.5 Å². The number of hydrogen-bond acceptors (Lipinski definition) is 3. The SMILES string of the molecule is COCC(C)CNC1CCCSC1C. The van der Waals surface area contributed by atoms with Gasteiger partial charge < -0.3 is 10.1 Å². The predicted molar refractivity (Wildman–Crippen MR) is 64.0 cm³/mol. The first-order valence-corrected chi connectivity index (χ1v) is 6.63.